The van der Waals surface area contributed by atoms with E-state index in [0.29, 0.717) is 36.4 Å². The number of hydrogen-bond acceptors (Lipinski definition) is 6. The summed E-state index contributed by atoms with van der Waals surface area (Å²) >= 11 is 0. The number of nitrogens with zero attached hydrogens (tertiary/aromatic N) is 1. The maximum absolute atomic E-state index is 12.1. The molecular weight excluding hydrogens is 340 g/mol. The summed E-state index contributed by atoms with van der Waals surface area (Å²) in [7, 11) is 0. The van der Waals surface area contributed by atoms with Gasteiger partial charge >= 0.3 is 6.09 Å². The molecule has 26 heavy (non-hydrogen) atoms. The van der Waals surface area contributed by atoms with Crippen LogP contribution < -0.4 is 15.0 Å². The molecule has 2 amide bonds. The van der Waals surface area contributed by atoms with Crippen molar-refractivity contribution < 1.29 is 29.0 Å². The lowest BCUT2D eigenvalue weighted by atomic mass is 10.0. The normalized spacial score (nSPS) is 15.4. The minimum Gasteiger partial charge on any atom is -0.483 e. The standard InChI is InChI=1S/C18H24N2O6/c1-11-5-6-13(20-7-8-25-17(20)23)12(2)16(11)26-10-15(22)19-14(9-21)18(3,4)24/h5-6,9,14,24H,7-8,10H2,1-4H3,(H,19,22)/t14-/m1/s1. The van der Waals surface area contributed by atoms with Crippen molar-refractivity contribution in [2.45, 2.75) is 39.3 Å². The fourth-order valence-corrected chi connectivity index (χ4v) is 2.67. The van der Waals surface area contributed by atoms with Gasteiger partial charge in [-0.25, -0.2) is 4.79 Å². The van der Waals surface area contributed by atoms with Crippen LogP contribution in [0, 0.1) is 13.8 Å². The quantitative estimate of drug-likeness (QED) is 0.702. The summed E-state index contributed by atoms with van der Waals surface area (Å²) in [5.74, 6) is -0.0442. The number of aldehydes is 1. The van der Waals surface area contributed by atoms with Gasteiger partial charge in [0.2, 0.25) is 0 Å². The van der Waals surface area contributed by atoms with Crippen molar-refractivity contribution in [1.29, 1.82) is 0 Å². The molecule has 1 saturated heterocycles. The summed E-state index contributed by atoms with van der Waals surface area (Å²) in [5.41, 5.74) is 0.808. The lowest BCUT2D eigenvalue weighted by Crippen LogP contribution is -2.51. The van der Waals surface area contributed by atoms with E-state index in [1.807, 2.05) is 6.92 Å². The number of benzene rings is 1. The van der Waals surface area contributed by atoms with E-state index in [0.717, 1.165) is 5.56 Å². The summed E-state index contributed by atoms with van der Waals surface area (Å²) in [6.45, 7) is 6.95. The summed E-state index contributed by atoms with van der Waals surface area (Å²) in [4.78, 5) is 36.4. The summed E-state index contributed by atoms with van der Waals surface area (Å²) in [5, 5.41) is 12.3. The van der Waals surface area contributed by atoms with Crippen molar-refractivity contribution in [1.82, 2.24) is 5.32 Å². The molecule has 142 valence electrons. The first kappa shape index (κ1) is 19.7. The van der Waals surface area contributed by atoms with Crippen LogP contribution in [0.15, 0.2) is 12.1 Å². The second-order valence-corrected chi connectivity index (χ2v) is 6.75. The van der Waals surface area contributed by atoms with Gasteiger partial charge in [0, 0.05) is 5.56 Å². The summed E-state index contributed by atoms with van der Waals surface area (Å²) in [6.07, 6.45) is 0.0632. The van der Waals surface area contributed by atoms with Gasteiger partial charge in [-0.1, -0.05) is 6.07 Å². The van der Waals surface area contributed by atoms with E-state index in [-0.39, 0.29) is 6.61 Å². The molecule has 1 aromatic rings. The predicted molar refractivity (Wildman–Crippen MR) is 94.4 cm³/mol. The van der Waals surface area contributed by atoms with Crippen LogP contribution >= 0.6 is 0 Å². The second kappa shape index (κ2) is 7.74. The molecule has 2 rings (SSSR count). The fourth-order valence-electron chi connectivity index (χ4n) is 2.67. The highest BCUT2D eigenvalue weighted by molar-refractivity contribution is 5.91. The van der Waals surface area contributed by atoms with Crippen LogP contribution in [0.2, 0.25) is 0 Å². The monoisotopic (exact) mass is 364 g/mol. The highest BCUT2D eigenvalue weighted by Crippen LogP contribution is 2.33. The Labute approximate surface area is 152 Å². The first-order valence-corrected chi connectivity index (χ1v) is 8.29. The Morgan fingerprint density at radius 1 is 1.46 bits per heavy atom. The Morgan fingerprint density at radius 3 is 2.69 bits per heavy atom. The van der Waals surface area contributed by atoms with Crippen molar-refractivity contribution in [3.63, 3.8) is 0 Å². The minimum absolute atomic E-state index is 0.323. The number of rotatable bonds is 7. The van der Waals surface area contributed by atoms with E-state index >= 15 is 0 Å². The molecule has 8 nitrogen and oxygen atoms in total. The number of carbonyl (C=O) groups is 3. The molecular formula is C18H24N2O6. The molecule has 1 atom stereocenters. The minimum atomic E-state index is -1.38. The molecule has 1 aliphatic heterocycles. The maximum Gasteiger partial charge on any atom is 0.414 e. The van der Waals surface area contributed by atoms with E-state index < -0.39 is 23.6 Å². The van der Waals surface area contributed by atoms with Gasteiger partial charge in [-0.15, -0.1) is 0 Å². The molecule has 1 fully saturated rings. The van der Waals surface area contributed by atoms with Crippen molar-refractivity contribution in [3.8, 4) is 5.75 Å². The third-order valence-corrected chi connectivity index (χ3v) is 4.19. The average Bonchev–Trinajstić information content (AvgIpc) is 2.97. The number of amides is 2. The zero-order chi connectivity index (χ0) is 19.5. The summed E-state index contributed by atoms with van der Waals surface area (Å²) < 4.78 is 10.6. The Hall–Kier alpha value is -2.61. The van der Waals surface area contributed by atoms with E-state index in [4.69, 9.17) is 9.47 Å². The van der Waals surface area contributed by atoms with Crippen LogP contribution in [0.25, 0.3) is 0 Å². The molecule has 0 radical (unpaired) electrons. The van der Waals surface area contributed by atoms with Crippen LogP contribution in [0.1, 0.15) is 25.0 Å². The van der Waals surface area contributed by atoms with Crippen molar-refractivity contribution in [2.24, 2.45) is 0 Å². The lowest BCUT2D eigenvalue weighted by molar-refractivity contribution is -0.129. The van der Waals surface area contributed by atoms with Crippen molar-refractivity contribution in [3.05, 3.63) is 23.3 Å². The van der Waals surface area contributed by atoms with Crippen LogP contribution in [-0.2, 0) is 14.3 Å². The zero-order valence-corrected chi connectivity index (χ0v) is 15.4. The fraction of sp³-hybridized carbons (Fsp3) is 0.500. The average molecular weight is 364 g/mol. The molecule has 0 saturated carbocycles. The molecule has 0 spiro atoms. The molecule has 1 aliphatic rings. The number of ether oxygens (including phenoxy) is 2. The van der Waals surface area contributed by atoms with Gasteiger partial charge in [-0.3, -0.25) is 9.69 Å². The number of nitrogens with one attached hydrogen (secondary N) is 1. The van der Waals surface area contributed by atoms with Gasteiger partial charge in [-0.05, 0) is 39.3 Å². The molecule has 0 aromatic heterocycles. The first-order valence-electron chi connectivity index (χ1n) is 8.29. The smallest absolute Gasteiger partial charge is 0.414 e. The Kier molecular flexibility index (Phi) is 5.86. The molecule has 8 heteroatoms. The third kappa shape index (κ3) is 4.32. The second-order valence-electron chi connectivity index (χ2n) is 6.75. The molecule has 1 aromatic carbocycles. The number of aliphatic hydroxyl groups is 1. The largest absolute Gasteiger partial charge is 0.483 e. The molecule has 0 unspecified atom stereocenters. The van der Waals surface area contributed by atoms with Crippen LogP contribution in [0.5, 0.6) is 5.75 Å². The van der Waals surface area contributed by atoms with E-state index in [2.05, 4.69) is 5.32 Å². The number of aryl methyl sites for hydroxylation is 1. The number of hydrogen-bond donors (Lipinski definition) is 2. The Morgan fingerprint density at radius 2 is 2.15 bits per heavy atom. The van der Waals surface area contributed by atoms with Gasteiger partial charge in [0.25, 0.3) is 5.91 Å². The predicted octanol–water partition coefficient (Wildman–Crippen LogP) is 1.09. The van der Waals surface area contributed by atoms with Gasteiger partial charge < -0.3 is 24.7 Å². The van der Waals surface area contributed by atoms with Crippen LogP contribution in [0.3, 0.4) is 0 Å². The number of carbonyl (C=O) groups excluding carboxylic acids is 3. The summed E-state index contributed by atoms with van der Waals surface area (Å²) in [6, 6.07) is 2.57. The van der Waals surface area contributed by atoms with Gasteiger partial charge in [-0.2, -0.15) is 0 Å². The maximum atomic E-state index is 12.1. The molecule has 1 heterocycles. The van der Waals surface area contributed by atoms with Crippen LogP contribution in [0.4, 0.5) is 10.5 Å². The van der Waals surface area contributed by atoms with Gasteiger partial charge in [0.15, 0.2) is 6.61 Å². The third-order valence-electron chi connectivity index (χ3n) is 4.19. The molecule has 2 N–H and O–H groups in total. The van der Waals surface area contributed by atoms with Gasteiger partial charge in [0.05, 0.1) is 17.8 Å². The topological polar surface area (TPSA) is 105 Å². The van der Waals surface area contributed by atoms with E-state index in [9.17, 15) is 19.5 Å². The lowest BCUT2D eigenvalue weighted by Gasteiger charge is -2.25. The first-order chi connectivity index (χ1) is 12.1. The molecule has 0 bridgehead atoms. The highest BCUT2D eigenvalue weighted by atomic mass is 16.6. The van der Waals surface area contributed by atoms with E-state index in [1.165, 1.54) is 18.7 Å². The van der Waals surface area contributed by atoms with Crippen molar-refractivity contribution in [2.75, 3.05) is 24.7 Å². The number of anilines is 1. The van der Waals surface area contributed by atoms with Crippen molar-refractivity contribution >= 4 is 24.0 Å². The number of cyclic esters (lactones) is 1. The van der Waals surface area contributed by atoms with Gasteiger partial charge in [0.1, 0.15) is 24.7 Å². The molecule has 0 aliphatic carbocycles. The zero-order valence-electron chi connectivity index (χ0n) is 15.4. The SMILES string of the molecule is Cc1ccc(N2CCOC2=O)c(C)c1OCC(=O)N[C@H](C=O)C(C)(C)O. The highest BCUT2D eigenvalue weighted by Gasteiger charge is 2.29. The Bertz CT molecular complexity index is 710. The Balaban J connectivity index is 2.11. The van der Waals surface area contributed by atoms with Crippen LogP contribution in [-0.4, -0.2) is 54.8 Å². The van der Waals surface area contributed by atoms with E-state index in [1.54, 1.807) is 19.1 Å².